The van der Waals surface area contributed by atoms with E-state index in [-0.39, 0.29) is 34.4 Å². The Bertz CT molecular complexity index is 1180. The summed E-state index contributed by atoms with van der Waals surface area (Å²) in [7, 11) is 0. The highest BCUT2D eigenvalue weighted by atomic mass is 16.3. The number of aryl methyl sites for hydroxylation is 2. The highest BCUT2D eigenvalue weighted by Crippen LogP contribution is 2.21. The van der Waals surface area contributed by atoms with Gasteiger partial charge in [-0.2, -0.15) is 0 Å². The number of aromatic hydroxyl groups is 2. The third-order valence-electron chi connectivity index (χ3n) is 8.44. The molecule has 0 aliphatic heterocycles. The van der Waals surface area contributed by atoms with Crippen molar-refractivity contribution in [2.45, 2.75) is 142 Å². The molecule has 0 aromatic heterocycles. The maximum Gasteiger partial charge on any atom is 0.273 e. The first-order valence-corrected chi connectivity index (χ1v) is 18.1. The molecule has 0 saturated heterocycles. The number of amides is 4. The Morgan fingerprint density at radius 2 is 0.833 bits per heavy atom. The number of phenolic OH excluding ortho intramolecular Hbond substituents is 2. The molecule has 10 nitrogen and oxygen atoms in total. The largest absolute Gasteiger partial charge is 0.507 e. The van der Waals surface area contributed by atoms with Gasteiger partial charge in [0.15, 0.2) is 0 Å². The first kappa shape index (κ1) is 40.1. The second-order valence-electron chi connectivity index (χ2n) is 12.7. The van der Waals surface area contributed by atoms with Gasteiger partial charge in [-0.1, -0.05) is 103 Å². The van der Waals surface area contributed by atoms with Crippen LogP contribution in [0.2, 0.25) is 0 Å². The van der Waals surface area contributed by atoms with Crippen LogP contribution in [0.1, 0.15) is 161 Å². The Kier molecular flexibility index (Phi) is 20.1. The maximum absolute atomic E-state index is 12.4. The van der Waals surface area contributed by atoms with Crippen molar-refractivity contribution in [3.63, 3.8) is 0 Å². The average molecular weight is 667 g/mol. The van der Waals surface area contributed by atoms with E-state index in [1.54, 1.807) is 24.3 Å². The molecule has 2 rings (SSSR count). The van der Waals surface area contributed by atoms with Gasteiger partial charge >= 0.3 is 0 Å². The zero-order chi connectivity index (χ0) is 35.0. The topological polar surface area (TPSA) is 157 Å². The minimum absolute atomic E-state index is 0.0892. The van der Waals surface area contributed by atoms with Gasteiger partial charge < -0.3 is 10.2 Å². The highest BCUT2D eigenvalue weighted by Gasteiger charge is 2.14. The Balaban J connectivity index is 1.47. The highest BCUT2D eigenvalue weighted by molar-refractivity contribution is 5.98. The van der Waals surface area contributed by atoms with Crippen LogP contribution in [-0.4, -0.2) is 33.8 Å². The van der Waals surface area contributed by atoms with Crippen LogP contribution >= 0.6 is 0 Å². The van der Waals surface area contributed by atoms with Crippen molar-refractivity contribution < 1.29 is 29.4 Å². The molecular formula is C38H58N4O6. The number of phenols is 2. The van der Waals surface area contributed by atoms with E-state index in [4.69, 9.17) is 0 Å². The summed E-state index contributed by atoms with van der Waals surface area (Å²) in [6, 6.07) is 10.1. The Hall–Kier alpha value is -4.08. The molecule has 0 saturated carbocycles. The Morgan fingerprint density at radius 3 is 1.19 bits per heavy atom. The van der Waals surface area contributed by atoms with Gasteiger partial charge in [-0.05, 0) is 73.9 Å². The van der Waals surface area contributed by atoms with E-state index in [1.165, 1.54) is 12.8 Å². The van der Waals surface area contributed by atoms with Crippen LogP contribution in [0, 0.1) is 0 Å². The van der Waals surface area contributed by atoms with Gasteiger partial charge in [0, 0.05) is 12.8 Å². The number of rotatable bonds is 23. The molecule has 10 heteroatoms. The summed E-state index contributed by atoms with van der Waals surface area (Å²) in [6.45, 7) is 4.32. The third-order valence-corrected chi connectivity index (χ3v) is 8.44. The molecule has 0 atom stereocenters. The second kappa shape index (κ2) is 24.1. The van der Waals surface area contributed by atoms with Gasteiger partial charge in [0.1, 0.15) is 11.5 Å². The lowest BCUT2D eigenvalue weighted by atomic mass is 10.0. The van der Waals surface area contributed by atoms with Crippen molar-refractivity contribution in [2.24, 2.45) is 0 Å². The molecule has 0 aliphatic carbocycles. The lowest BCUT2D eigenvalue weighted by Gasteiger charge is -2.10. The molecule has 0 unspecified atom stereocenters. The molecule has 0 heterocycles. The van der Waals surface area contributed by atoms with E-state index in [0.29, 0.717) is 25.7 Å². The second-order valence-corrected chi connectivity index (χ2v) is 12.7. The van der Waals surface area contributed by atoms with Gasteiger partial charge in [0.25, 0.3) is 11.8 Å². The summed E-state index contributed by atoms with van der Waals surface area (Å²) in [5, 5.41) is 20.5. The van der Waals surface area contributed by atoms with Crippen molar-refractivity contribution in [1.82, 2.24) is 21.7 Å². The number of carbonyl (C=O) groups is 4. The van der Waals surface area contributed by atoms with Gasteiger partial charge in [-0.3, -0.25) is 40.9 Å². The van der Waals surface area contributed by atoms with Crippen LogP contribution < -0.4 is 21.7 Å². The van der Waals surface area contributed by atoms with Crippen LogP contribution in [0.3, 0.4) is 0 Å². The van der Waals surface area contributed by atoms with Crippen LogP contribution in [0.25, 0.3) is 0 Å². The van der Waals surface area contributed by atoms with E-state index in [9.17, 15) is 29.4 Å². The molecule has 48 heavy (non-hydrogen) atoms. The summed E-state index contributed by atoms with van der Waals surface area (Å²) < 4.78 is 0. The van der Waals surface area contributed by atoms with E-state index in [1.807, 2.05) is 12.1 Å². The fraction of sp³-hybridized carbons (Fsp3) is 0.579. The van der Waals surface area contributed by atoms with Crippen LogP contribution in [-0.2, 0) is 22.4 Å². The fourth-order valence-corrected chi connectivity index (χ4v) is 5.51. The summed E-state index contributed by atoms with van der Waals surface area (Å²) in [4.78, 5) is 49.0. The minimum atomic E-state index is -0.546. The number of nitrogens with one attached hydrogen (secondary N) is 4. The molecular weight excluding hydrogens is 608 g/mol. The quantitative estimate of drug-likeness (QED) is 0.0534. The molecule has 0 fully saturated rings. The number of hydrogen-bond acceptors (Lipinski definition) is 6. The van der Waals surface area contributed by atoms with Crippen molar-refractivity contribution in [2.75, 3.05) is 0 Å². The summed E-state index contributed by atoms with van der Waals surface area (Å²) >= 11 is 0. The smallest absolute Gasteiger partial charge is 0.273 e. The van der Waals surface area contributed by atoms with Crippen molar-refractivity contribution in [3.8, 4) is 11.5 Å². The molecule has 0 radical (unpaired) electrons. The van der Waals surface area contributed by atoms with Crippen molar-refractivity contribution in [1.29, 1.82) is 0 Å². The SMILES string of the molecule is CCCCCCc1ccc(C(=O)NNC(=O)CCCCCCCCCCC(=O)NNC(=O)c2ccc(CCCCCC)cc2O)c(O)c1. The molecule has 4 amide bonds. The first-order valence-electron chi connectivity index (χ1n) is 18.1. The minimum Gasteiger partial charge on any atom is -0.507 e. The van der Waals surface area contributed by atoms with E-state index in [2.05, 4.69) is 35.6 Å². The van der Waals surface area contributed by atoms with Crippen LogP contribution in [0.5, 0.6) is 11.5 Å². The fourth-order valence-electron chi connectivity index (χ4n) is 5.51. The molecule has 2 aromatic rings. The standard InChI is InChI=1S/C38H58N4O6/c1-3-5-7-15-19-29-23-25-31(33(43)27-29)37(47)41-39-35(45)21-17-13-11-9-10-12-14-18-22-36(46)40-42-38(48)32-26-24-30(28-34(32)44)20-16-8-6-4-2/h23-28,43-44H,3-22H2,1-2H3,(H,39,45)(H,40,46)(H,41,47)(H,42,48). The normalized spacial score (nSPS) is 10.8. The lowest BCUT2D eigenvalue weighted by molar-refractivity contribution is -0.122. The van der Waals surface area contributed by atoms with E-state index < -0.39 is 11.8 Å². The van der Waals surface area contributed by atoms with E-state index >= 15 is 0 Å². The predicted octanol–water partition coefficient (Wildman–Crippen LogP) is 7.47. The predicted molar refractivity (Wildman–Crippen MR) is 189 cm³/mol. The summed E-state index contributed by atoms with van der Waals surface area (Å²) in [5.74, 6) is -1.81. The van der Waals surface area contributed by atoms with Gasteiger partial charge in [0.05, 0.1) is 11.1 Å². The number of unbranched alkanes of at least 4 members (excludes halogenated alkanes) is 13. The average Bonchev–Trinajstić information content (AvgIpc) is 3.07. The summed E-state index contributed by atoms with van der Waals surface area (Å²) in [6.07, 6.45) is 18.7. The van der Waals surface area contributed by atoms with Crippen molar-refractivity contribution in [3.05, 3.63) is 58.7 Å². The number of hydrogen-bond donors (Lipinski definition) is 6. The molecule has 0 spiro atoms. The molecule has 266 valence electrons. The maximum atomic E-state index is 12.4. The number of benzene rings is 2. The number of hydrazine groups is 2. The van der Waals surface area contributed by atoms with Gasteiger partial charge in [-0.15, -0.1) is 0 Å². The third kappa shape index (κ3) is 16.7. The summed E-state index contributed by atoms with van der Waals surface area (Å²) in [5.41, 5.74) is 11.9. The lowest BCUT2D eigenvalue weighted by Crippen LogP contribution is -2.41. The van der Waals surface area contributed by atoms with Gasteiger partial charge in [0.2, 0.25) is 11.8 Å². The first-order chi connectivity index (χ1) is 23.2. The van der Waals surface area contributed by atoms with Crippen molar-refractivity contribution >= 4 is 23.6 Å². The van der Waals surface area contributed by atoms with Crippen LogP contribution in [0.15, 0.2) is 36.4 Å². The zero-order valence-corrected chi connectivity index (χ0v) is 29.1. The van der Waals surface area contributed by atoms with Crippen LogP contribution in [0.4, 0.5) is 0 Å². The van der Waals surface area contributed by atoms with E-state index in [0.717, 1.165) is 101 Å². The molecule has 0 aliphatic rings. The van der Waals surface area contributed by atoms with Gasteiger partial charge in [-0.25, -0.2) is 0 Å². The molecule has 0 bridgehead atoms. The number of carbonyl (C=O) groups excluding carboxylic acids is 4. The molecule has 6 N–H and O–H groups in total. The Morgan fingerprint density at radius 1 is 0.479 bits per heavy atom. The Labute approximate surface area is 286 Å². The molecule has 2 aromatic carbocycles. The monoisotopic (exact) mass is 666 g/mol. The zero-order valence-electron chi connectivity index (χ0n) is 29.1.